The van der Waals surface area contributed by atoms with E-state index in [1.54, 1.807) is 13.8 Å². The van der Waals surface area contributed by atoms with E-state index >= 15 is 0 Å². The molecule has 74 valence electrons. The lowest BCUT2D eigenvalue weighted by molar-refractivity contribution is -0.130. The summed E-state index contributed by atoms with van der Waals surface area (Å²) in [5, 5.41) is 2.52. The Balaban J connectivity index is 2.66. The van der Waals surface area contributed by atoms with Crippen LogP contribution in [-0.2, 0) is 4.79 Å². The topological polar surface area (TPSA) is 49.4 Å². The van der Waals surface area contributed by atoms with Crippen LogP contribution in [0, 0.1) is 0 Å². The Labute approximate surface area is 76.1 Å². The molecule has 1 rings (SSSR count). The van der Waals surface area contributed by atoms with Crippen LogP contribution >= 0.6 is 0 Å². The lowest BCUT2D eigenvalue weighted by Gasteiger charge is -2.15. The molecule has 0 aromatic heterocycles. The Morgan fingerprint density at radius 2 is 2.08 bits per heavy atom. The Bertz CT molecular complexity index is 240. The number of hydrogen-bond donors (Lipinski definition) is 1. The molecular weight excluding hydrogens is 175 g/mol. The molecule has 13 heavy (non-hydrogen) atoms. The van der Waals surface area contributed by atoms with E-state index in [2.05, 4.69) is 5.32 Å². The predicted octanol–water partition coefficient (Wildman–Crippen LogP) is 0.676. The molecule has 0 spiro atoms. The van der Waals surface area contributed by atoms with Crippen molar-refractivity contribution in [1.82, 2.24) is 10.2 Å². The molecule has 1 aliphatic rings. The number of carbonyl (C=O) groups excluding carboxylic acids is 2. The highest BCUT2D eigenvalue weighted by Crippen LogP contribution is 2.16. The normalized spacial score (nSPS) is 20.7. The number of rotatable bonds is 3. The average Bonchev–Trinajstić information content (AvgIpc) is 2.21. The van der Waals surface area contributed by atoms with Gasteiger partial charge in [-0.25, -0.2) is 4.79 Å². The van der Waals surface area contributed by atoms with Crippen molar-refractivity contribution in [2.24, 2.45) is 0 Å². The number of alkyl halides is 1. The molecule has 1 heterocycles. The molecule has 0 aromatic rings. The number of hydrogen-bond acceptors (Lipinski definition) is 2. The van der Waals surface area contributed by atoms with E-state index in [0.29, 0.717) is 0 Å². The van der Waals surface area contributed by atoms with Gasteiger partial charge >= 0.3 is 6.03 Å². The lowest BCUT2D eigenvalue weighted by atomic mass is 10.1. The monoisotopic (exact) mass is 188 g/mol. The maximum absolute atomic E-state index is 11.8. The van der Waals surface area contributed by atoms with Gasteiger partial charge in [0.15, 0.2) is 0 Å². The summed E-state index contributed by atoms with van der Waals surface area (Å²) in [4.78, 5) is 23.7. The fraction of sp³-hybridized carbons (Fsp3) is 0.750. The van der Waals surface area contributed by atoms with Gasteiger partial charge in [-0.1, -0.05) is 0 Å². The van der Waals surface area contributed by atoms with Crippen LogP contribution in [0.4, 0.5) is 9.18 Å². The summed E-state index contributed by atoms with van der Waals surface area (Å²) < 4.78 is 11.8. The van der Waals surface area contributed by atoms with Crippen LogP contribution in [0.25, 0.3) is 0 Å². The highest BCUT2D eigenvalue weighted by atomic mass is 19.1. The third-order valence-corrected chi connectivity index (χ3v) is 1.96. The Kier molecular flexibility index (Phi) is 2.54. The van der Waals surface area contributed by atoms with Gasteiger partial charge in [0, 0.05) is 6.54 Å². The summed E-state index contributed by atoms with van der Waals surface area (Å²) in [5.41, 5.74) is -0.840. The Hall–Kier alpha value is -1.13. The molecule has 1 N–H and O–H groups in total. The number of carbonyl (C=O) groups is 2. The van der Waals surface area contributed by atoms with Crippen molar-refractivity contribution in [2.75, 3.05) is 13.2 Å². The van der Waals surface area contributed by atoms with Crippen molar-refractivity contribution in [3.63, 3.8) is 0 Å². The minimum absolute atomic E-state index is 0.157. The number of imide groups is 1. The SMILES string of the molecule is CC1(C)NC(=O)N(CCCF)C1=O. The number of nitrogens with zero attached hydrogens (tertiary/aromatic N) is 1. The van der Waals surface area contributed by atoms with Crippen molar-refractivity contribution in [1.29, 1.82) is 0 Å². The van der Waals surface area contributed by atoms with Gasteiger partial charge in [-0.3, -0.25) is 14.1 Å². The standard InChI is InChI=1S/C8H13FN2O2/c1-8(2)6(12)11(5-3-4-9)7(13)10-8/h3-5H2,1-2H3,(H,10,13). The maximum atomic E-state index is 11.8. The molecule has 0 aliphatic carbocycles. The Morgan fingerprint density at radius 3 is 2.46 bits per heavy atom. The van der Waals surface area contributed by atoms with Gasteiger partial charge in [0.2, 0.25) is 0 Å². The highest BCUT2D eigenvalue weighted by Gasteiger charge is 2.43. The third-order valence-electron chi connectivity index (χ3n) is 1.96. The van der Waals surface area contributed by atoms with Gasteiger partial charge in [0.25, 0.3) is 5.91 Å². The first-order valence-electron chi connectivity index (χ1n) is 4.19. The van der Waals surface area contributed by atoms with Crippen molar-refractivity contribution < 1.29 is 14.0 Å². The fourth-order valence-electron chi connectivity index (χ4n) is 1.24. The van der Waals surface area contributed by atoms with E-state index in [1.165, 1.54) is 0 Å². The van der Waals surface area contributed by atoms with Gasteiger partial charge in [0.1, 0.15) is 5.54 Å². The van der Waals surface area contributed by atoms with Crippen LogP contribution in [-0.4, -0.2) is 35.6 Å². The van der Waals surface area contributed by atoms with Gasteiger partial charge in [-0.05, 0) is 20.3 Å². The van der Waals surface area contributed by atoms with Crippen molar-refractivity contribution in [3.8, 4) is 0 Å². The second-order valence-electron chi connectivity index (χ2n) is 3.55. The number of urea groups is 1. The van der Waals surface area contributed by atoms with E-state index in [4.69, 9.17) is 0 Å². The third kappa shape index (κ3) is 1.79. The minimum atomic E-state index is -0.840. The van der Waals surface area contributed by atoms with Crippen LogP contribution in [0.1, 0.15) is 20.3 Å². The zero-order valence-corrected chi connectivity index (χ0v) is 7.76. The van der Waals surface area contributed by atoms with Crippen LogP contribution in [0.2, 0.25) is 0 Å². The second-order valence-corrected chi connectivity index (χ2v) is 3.55. The number of halogens is 1. The first-order valence-corrected chi connectivity index (χ1v) is 4.19. The van der Waals surface area contributed by atoms with Crippen LogP contribution in [0.15, 0.2) is 0 Å². The molecule has 0 bridgehead atoms. The molecule has 0 radical (unpaired) electrons. The zero-order chi connectivity index (χ0) is 10.1. The van der Waals surface area contributed by atoms with Crippen LogP contribution in [0.3, 0.4) is 0 Å². The first-order chi connectivity index (χ1) is 5.99. The minimum Gasteiger partial charge on any atom is -0.324 e. The van der Waals surface area contributed by atoms with Gasteiger partial charge in [-0.15, -0.1) is 0 Å². The largest absolute Gasteiger partial charge is 0.325 e. The fourth-order valence-corrected chi connectivity index (χ4v) is 1.24. The summed E-state index contributed by atoms with van der Waals surface area (Å²) in [6.07, 6.45) is 0.204. The van der Waals surface area contributed by atoms with E-state index in [0.717, 1.165) is 4.90 Å². The predicted molar refractivity (Wildman–Crippen MR) is 44.9 cm³/mol. The molecule has 1 aliphatic heterocycles. The summed E-state index contributed by atoms with van der Waals surface area (Å²) >= 11 is 0. The summed E-state index contributed by atoms with van der Waals surface area (Å²) in [6.45, 7) is 2.90. The van der Waals surface area contributed by atoms with Crippen LogP contribution < -0.4 is 5.32 Å². The number of nitrogens with one attached hydrogen (secondary N) is 1. The molecule has 0 saturated carbocycles. The molecule has 0 atom stereocenters. The quantitative estimate of drug-likeness (QED) is 0.662. The highest BCUT2D eigenvalue weighted by molar-refractivity contribution is 6.06. The molecule has 0 unspecified atom stereocenters. The Morgan fingerprint density at radius 1 is 1.46 bits per heavy atom. The molecule has 5 heteroatoms. The van der Waals surface area contributed by atoms with Gasteiger partial charge < -0.3 is 5.32 Å². The van der Waals surface area contributed by atoms with E-state index in [9.17, 15) is 14.0 Å². The lowest BCUT2D eigenvalue weighted by Crippen LogP contribution is -2.40. The number of amides is 3. The molecular formula is C8H13FN2O2. The molecule has 1 fully saturated rings. The molecule has 1 saturated heterocycles. The van der Waals surface area contributed by atoms with Crippen LogP contribution in [0.5, 0.6) is 0 Å². The second kappa shape index (κ2) is 3.32. The summed E-state index contributed by atoms with van der Waals surface area (Å²) in [7, 11) is 0. The zero-order valence-electron chi connectivity index (χ0n) is 7.76. The van der Waals surface area contributed by atoms with Crippen molar-refractivity contribution >= 4 is 11.9 Å². The van der Waals surface area contributed by atoms with Crippen molar-refractivity contribution in [3.05, 3.63) is 0 Å². The van der Waals surface area contributed by atoms with Gasteiger partial charge in [-0.2, -0.15) is 0 Å². The summed E-state index contributed by atoms with van der Waals surface area (Å²) in [6, 6.07) is -0.427. The average molecular weight is 188 g/mol. The van der Waals surface area contributed by atoms with E-state index in [1.807, 2.05) is 0 Å². The van der Waals surface area contributed by atoms with E-state index in [-0.39, 0.29) is 18.9 Å². The summed E-state index contributed by atoms with van der Waals surface area (Å²) in [5.74, 6) is -0.286. The molecule has 3 amide bonds. The maximum Gasteiger partial charge on any atom is 0.325 e. The van der Waals surface area contributed by atoms with E-state index < -0.39 is 18.2 Å². The molecule has 0 aromatic carbocycles. The smallest absolute Gasteiger partial charge is 0.324 e. The van der Waals surface area contributed by atoms with Crippen molar-refractivity contribution in [2.45, 2.75) is 25.8 Å². The van der Waals surface area contributed by atoms with Gasteiger partial charge in [0.05, 0.1) is 6.67 Å². The molecule has 4 nitrogen and oxygen atoms in total. The first kappa shape index (κ1) is 9.95.